The van der Waals surface area contributed by atoms with Crippen molar-refractivity contribution in [2.75, 3.05) is 32.1 Å². The molecule has 25 heavy (non-hydrogen) atoms. The smallest absolute Gasteiger partial charge is 0.241 e. The first-order valence-corrected chi connectivity index (χ1v) is 9.85. The number of benzene rings is 1. The summed E-state index contributed by atoms with van der Waals surface area (Å²) >= 11 is 0. The number of nitrogens with zero attached hydrogens (tertiary/aromatic N) is 4. The molecule has 8 nitrogen and oxygen atoms in total. The molecule has 0 radical (unpaired) electrons. The molecule has 2 saturated heterocycles. The van der Waals surface area contributed by atoms with Crippen molar-refractivity contribution in [3.05, 3.63) is 35.7 Å². The Bertz CT molecular complexity index is 867. The molecular formula is C16H20N4O4S. The summed E-state index contributed by atoms with van der Waals surface area (Å²) in [6, 6.07) is 7.90. The molecule has 2 aromatic rings. The van der Waals surface area contributed by atoms with Crippen molar-refractivity contribution >= 4 is 10.0 Å². The molecule has 3 heterocycles. The van der Waals surface area contributed by atoms with Gasteiger partial charge in [-0.1, -0.05) is 28.9 Å². The van der Waals surface area contributed by atoms with Crippen LogP contribution in [0.25, 0.3) is 11.4 Å². The Morgan fingerprint density at radius 3 is 3.04 bits per heavy atom. The molecule has 0 amide bonds. The Hall–Kier alpha value is -1.81. The van der Waals surface area contributed by atoms with Crippen molar-refractivity contribution in [1.82, 2.24) is 19.3 Å². The maximum absolute atomic E-state index is 12.2. The van der Waals surface area contributed by atoms with Gasteiger partial charge in [-0.15, -0.1) is 0 Å². The minimum absolute atomic E-state index is 0.0996. The van der Waals surface area contributed by atoms with Crippen molar-refractivity contribution in [1.29, 1.82) is 0 Å². The second-order valence-electron chi connectivity index (χ2n) is 6.33. The van der Waals surface area contributed by atoms with Crippen LogP contribution in [0, 0.1) is 6.92 Å². The molecular weight excluding hydrogens is 344 g/mol. The van der Waals surface area contributed by atoms with Gasteiger partial charge in [-0.25, -0.2) is 8.42 Å². The molecule has 1 aromatic heterocycles. The molecule has 2 fully saturated rings. The summed E-state index contributed by atoms with van der Waals surface area (Å²) in [5.74, 6) is 1.11. The van der Waals surface area contributed by atoms with E-state index in [4.69, 9.17) is 9.26 Å². The van der Waals surface area contributed by atoms with E-state index in [-0.39, 0.29) is 11.9 Å². The second kappa shape index (κ2) is 6.49. The topological polar surface area (TPSA) is 88.8 Å². The summed E-state index contributed by atoms with van der Waals surface area (Å²) in [6.07, 6.45) is -0.304. The Balaban J connectivity index is 1.52. The molecule has 0 bridgehead atoms. The first kappa shape index (κ1) is 16.6. The third kappa shape index (κ3) is 3.32. The number of ether oxygens (including phenoxy) is 1. The zero-order chi connectivity index (χ0) is 17.4. The number of aromatic nitrogens is 2. The summed E-state index contributed by atoms with van der Waals surface area (Å²) in [6.45, 7) is 4.02. The molecule has 0 N–H and O–H groups in total. The quantitative estimate of drug-likeness (QED) is 0.798. The van der Waals surface area contributed by atoms with Gasteiger partial charge in [-0.05, 0) is 13.0 Å². The maximum atomic E-state index is 12.2. The van der Waals surface area contributed by atoms with Crippen molar-refractivity contribution < 1.29 is 17.7 Å². The van der Waals surface area contributed by atoms with Crippen LogP contribution in [0.2, 0.25) is 0 Å². The average molecular weight is 364 g/mol. The minimum atomic E-state index is -3.21. The number of rotatable bonds is 3. The van der Waals surface area contributed by atoms with E-state index < -0.39 is 10.0 Å². The Morgan fingerprint density at radius 2 is 2.20 bits per heavy atom. The van der Waals surface area contributed by atoms with Gasteiger partial charge < -0.3 is 9.26 Å². The van der Waals surface area contributed by atoms with Crippen LogP contribution in [0.5, 0.6) is 0 Å². The van der Waals surface area contributed by atoms with Gasteiger partial charge >= 0.3 is 0 Å². The molecule has 2 aliphatic heterocycles. The highest BCUT2D eigenvalue weighted by molar-refractivity contribution is 7.89. The molecule has 134 valence electrons. The lowest BCUT2D eigenvalue weighted by Crippen LogP contribution is -2.62. The minimum Gasteiger partial charge on any atom is -0.377 e. The van der Waals surface area contributed by atoms with E-state index in [1.807, 2.05) is 36.1 Å². The zero-order valence-electron chi connectivity index (χ0n) is 14.0. The lowest BCUT2D eigenvalue weighted by atomic mass is 10.1. The van der Waals surface area contributed by atoms with Gasteiger partial charge in [0.1, 0.15) is 6.17 Å². The Labute approximate surface area is 146 Å². The van der Waals surface area contributed by atoms with Gasteiger partial charge in [-0.2, -0.15) is 9.29 Å². The summed E-state index contributed by atoms with van der Waals surface area (Å²) < 4.78 is 36.8. The van der Waals surface area contributed by atoms with Crippen LogP contribution in [0.3, 0.4) is 0 Å². The van der Waals surface area contributed by atoms with Crippen LogP contribution in [-0.2, 0) is 21.3 Å². The monoisotopic (exact) mass is 364 g/mol. The number of fused-ring (bicyclic) bond motifs is 1. The standard InChI is InChI=1S/C16H20N4O4S/c1-12-3-2-4-13(9-12)16-17-14(24-18-16)10-19-6-8-25(21,22)20-5-7-23-11-15(19)20/h2-4,9,15H,5-8,10-11H2,1H3. The number of morpholine rings is 1. The zero-order valence-corrected chi connectivity index (χ0v) is 14.8. The molecule has 1 aromatic carbocycles. The highest BCUT2D eigenvalue weighted by atomic mass is 32.2. The molecule has 9 heteroatoms. The normalized spacial score (nSPS) is 24.1. The lowest BCUT2D eigenvalue weighted by molar-refractivity contribution is -0.0490. The van der Waals surface area contributed by atoms with Gasteiger partial charge in [0.2, 0.25) is 21.7 Å². The Morgan fingerprint density at radius 1 is 1.32 bits per heavy atom. The first-order valence-electron chi connectivity index (χ1n) is 8.24. The van der Waals surface area contributed by atoms with Crippen molar-refractivity contribution in [2.45, 2.75) is 19.6 Å². The molecule has 0 spiro atoms. The summed E-state index contributed by atoms with van der Waals surface area (Å²) in [5.41, 5.74) is 2.03. The van der Waals surface area contributed by atoms with Crippen molar-refractivity contribution in [3.8, 4) is 11.4 Å². The second-order valence-corrected chi connectivity index (χ2v) is 8.38. The van der Waals surface area contributed by atoms with E-state index in [0.29, 0.717) is 44.6 Å². The molecule has 4 rings (SSSR count). The third-order valence-electron chi connectivity index (χ3n) is 4.55. The maximum Gasteiger partial charge on any atom is 0.241 e. The SMILES string of the molecule is Cc1cccc(-c2noc(CN3CCS(=O)(=O)N4CCOCC34)n2)c1. The van der Waals surface area contributed by atoms with E-state index in [2.05, 4.69) is 10.1 Å². The van der Waals surface area contributed by atoms with Gasteiger partial charge in [0, 0.05) is 18.7 Å². The van der Waals surface area contributed by atoms with Gasteiger partial charge in [0.25, 0.3) is 0 Å². The van der Waals surface area contributed by atoms with Crippen LogP contribution < -0.4 is 0 Å². The van der Waals surface area contributed by atoms with Crippen LogP contribution >= 0.6 is 0 Å². The van der Waals surface area contributed by atoms with Gasteiger partial charge in [0.05, 0.1) is 25.5 Å². The third-order valence-corrected chi connectivity index (χ3v) is 6.39. The predicted octanol–water partition coefficient (Wildman–Crippen LogP) is 0.849. The van der Waals surface area contributed by atoms with E-state index in [1.54, 1.807) is 0 Å². The van der Waals surface area contributed by atoms with Gasteiger partial charge in [-0.3, -0.25) is 4.90 Å². The number of hydrogen-bond acceptors (Lipinski definition) is 7. The molecule has 1 atom stereocenters. The highest BCUT2D eigenvalue weighted by Crippen LogP contribution is 2.24. The van der Waals surface area contributed by atoms with E-state index in [1.165, 1.54) is 4.31 Å². The van der Waals surface area contributed by atoms with E-state index in [0.717, 1.165) is 11.1 Å². The predicted molar refractivity (Wildman–Crippen MR) is 90.0 cm³/mol. The largest absolute Gasteiger partial charge is 0.377 e. The fourth-order valence-electron chi connectivity index (χ4n) is 3.26. The van der Waals surface area contributed by atoms with Crippen molar-refractivity contribution in [2.24, 2.45) is 0 Å². The van der Waals surface area contributed by atoms with Crippen LogP contribution in [0.15, 0.2) is 28.8 Å². The van der Waals surface area contributed by atoms with Crippen LogP contribution in [0.1, 0.15) is 11.5 Å². The Kier molecular flexibility index (Phi) is 4.32. The first-order chi connectivity index (χ1) is 12.0. The van der Waals surface area contributed by atoms with Crippen LogP contribution in [-0.4, -0.2) is 66.0 Å². The van der Waals surface area contributed by atoms with Crippen molar-refractivity contribution in [3.63, 3.8) is 0 Å². The average Bonchev–Trinajstić information content (AvgIpc) is 3.06. The highest BCUT2D eigenvalue weighted by Gasteiger charge is 2.41. The lowest BCUT2D eigenvalue weighted by Gasteiger charge is -2.44. The van der Waals surface area contributed by atoms with E-state index >= 15 is 0 Å². The molecule has 2 aliphatic rings. The fraction of sp³-hybridized carbons (Fsp3) is 0.500. The van der Waals surface area contributed by atoms with Gasteiger partial charge in [0.15, 0.2) is 0 Å². The molecule has 0 saturated carbocycles. The van der Waals surface area contributed by atoms with Crippen LogP contribution in [0.4, 0.5) is 0 Å². The summed E-state index contributed by atoms with van der Waals surface area (Å²) in [4.78, 5) is 6.48. The number of aryl methyl sites for hydroxylation is 1. The number of hydrogen-bond donors (Lipinski definition) is 0. The van der Waals surface area contributed by atoms with E-state index in [9.17, 15) is 8.42 Å². The molecule has 1 unspecified atom stereocenters. The fourth-order valence-corrected chi connectivity index (χ4v) is 4.88. The molecule has 0 aliphatic carbocycles. The number of sulfonamides is 1. The summed E-state index contributed by atoms with van der Waals surface area (Å²) in [5, 5.41) is 4.05. The summed E-state index contributed by atoms with van der Waals surface area (Å²) in [7, 11) is -3.21.